The molecule has 0 saturated heterocycles. The van der Waals surface area contributed by atoms with Crippen molar-refractivity contribution < 1.29 is 0 Å². The zero-order valence-corrected chi connectivity index (χ0v) is 12.7. The molecule has 0 fully saturated rings. The Kier molecular flexibility index (Phi) is 4.16. The number of nitrogens with zero attached hydrogens (tertiary/aromatic N) is 1. The Hall–Kier alpha value is -0.190. The molecule has 2 heterocycles. The van der Waals surface area contributed by atoms with Crippen LogP contribution >= 0.6 is 43.2 Å². The van der Waals surface area contributed by atoms with Crippen LogP contribution in [0.15, 0.2) is 40.3 Å². The molecule has 84 valence electrons. The van der Waals surface area contributed by atoms with E-state index in [1.165, 1.54) is 8.66 Å². The summed E-state index contributed by atoms with van der Waals surface area (Å²) in [6, 6.07) is 10.3. The zero-order valence-electron chi connectivity index (χ0n) is 8.73. The van der Waals surface area contributed by atoms with Gasteiger partial charge in [-0.25, -0.2) is 0 Å². The standard InChI is InChI=1S/C12H11Br2NS/c1-8(9-4-2-3-7-15-9)12(14)10-5-6-11(13)16-10/h2-8,12H,1H3. The van der Waals surface area contributed by atoms with Gasteiger partial charge in [-0.3, -0.25) is 4.98 Å². The third-order valence-electron chi connectivity index (χ3n) is 2.46. The van der Waals surface area contributed by atoms with E-state index >= 15 is 0 Å². The molecule has 0 aliphatic heterocycles. The summed E-state index contributed by atoms with van der Waals surface area (Å²) in [5.74, 6) is 0.367. The topological polar surface area (TPSA) is 12.9 Å². The van der Waals surface area contributed by atoms with Gasteiger partial charge in [0.05, 0.1) is 8.61 Å². The van der Waals surface area contributed by atoms with E-state index in [1.807, 2.05) is 18.3 Å². The molecule has 0 N–H and O–H groups in total. The molecule has 0 aliphatic rings. The highest BCUT2D eigenvalue weighted by Gasteiger charge is 2.20. The van der Waals surface area contributed by atoms with Crippen LogP contribution in [0.4, 0.5) is 0 Å². The SMILES string of the molecule is CC(c1ccccn1)C(Br)c1ccc(Br)s1. The van der Waals surface area contributed by atoms with Crippen molar-refractivity contribution in [1.29, 1.82) is 0 Å². The minimum atomic E-state index is 0.318. The second-order valence-electron chi connectivity index (χ2n) is 3.59. The third-order valence-corrected chi connectivity index (χ3v) is 5.76. The maximum absolute atomic E-state index is 4.39. The van der Waals surface area contributed by atoms with Crippen LogP contribution in [-0.4, -0.2) is 4.98 Å². The predicted octanol–water partition coefficient (Wildman–Crippen LogP) is 5.15. The van der Waals surface area contributed by atoms with E-state index in [1.54, 1.807) is 11.3 Å². The molecule has 0 amide bonds. The molecule has 0 aromatic carbocycles. The number of pyridine rings is 1. The van der Waals surface area contributed by atoms with Crippen molar-refractivity contribution in [3.63, 3.8) is 0 Å². The van der Waals surface area contributed by atoms with E-state index in [9.17, 15) is 0 Å². The molecule has 0 radical (unpaired) electrons. The monoisotopic (exact) mass is 359 g/mol. The lowest BCUT2D eigenvalue weighted by atomic mass is 10.0. The molecule has 0 aliphatic carbocycles. The molecule has 16 heavy (non-hydrogen) atoms. The quantitative estimate of drug-likeness (QED) is 0.690. The van der Waals surface area contributed by atoms with Gasteiger partial charge >= 0.3 is 0 Å². The largest absolute Gasteiger partial charge is 0.261 e. The summed E-state index contributed by atoms with van der Waals surface area (Å²) in [6.45, 7) is 2.19. The number of hydrogen-bond acceptors (Lipinski definition) is 2. The Labute approximate surface area is 116 Å². The molecule has 0 spiro atoms. The maximum atomic E-state index is 4.39. The fraction of sp³-hybridized carbons (Fsp3) is 0.250. The van der Waals surface area contributed by atoms with Crippen molar-refractivity contribution in [2.75, 3.05) is 0 Å². The van der Waals surface area contributed by atoms with Crippen LogP contribution in [0.25, 0.3) is 0 Å². The molecular weight excluding hydrogens is 350 g/mol. The fourth-order valence-electron chi connectivity index (χ4n) is 1.52. The van der Waals surface area contributed by atoms with Crippen LogP contribution in [0.3, 0.4) is 0 Å². The van der Waals surface area contributed by atoms with Crippen LogP contribution in [0.2, 0.25) is 0 Å². The zero-order chi connectivity index (χ0) is 11.5. The lowest BCUT2D eigenvalue weighted by molar-refractivity contribution is 0.732. The molecule has 2 atom stereocenters. The first-order valence-corrected chi connectivity index (χ1v) is 7.51. The average molecular weight is 361 g/mol. The number of alkyl halides is 1. The number of rotatable bonds is 3. The molecule has 0 bridgehead atoms. The van der Waals surface area contributed by atoms with Gasteiger partial charge in [-0.1, -0.05) is 28.9 Å². The van der Waals surface area contributed by atoms with Crippen molar-refractivity contribution in [1.82, 2.24) is 4.98 Å². The second-order valence-corrected chi connectivity index (χ2v) is 7.07. The van der Waals surface area contributed by atoms with Crippen molar-refractivity contribution in [2.45, 2.75) is 17.7 Å². The summed E-state index contributed by atoms with van der Waals surface area (Å²) >= 11 is 9.00. The summed E-state index contributed by atoms with van der Waals surface area (Å²) in [5, 5.41) is 0. The van der Waals surface area contributed by atoms with Crippen molar-refractivity contribution in [2.24, 2.45) is 0 Å². The van der Waals surface area contributed by atoms with Crippen molar-refractivity contribution in [3.8, 4) is 0 Å². The van der Waals surface area contributed by atoms with E-state index in [2.05, 4.69) is 62.0 Å². The molecule has 2 rings (SSSR count). The Bertz CT molecular complexity index is 455. The highest BCUT2D eigenvalue weighted by atomic mass is 79.9. The summed E-state index contributed by atoms with van der Waals surface area (Å²) in [7, 11) is 0. The lowest BCUT2D eigenvalue weighted by Crippen LogP contribution is -2.02. The smallest absolute Gasteiger partial charge is 0.0701 e. The Morgan fingerprint density at radius 3 is 2.62 bits per heavy atom. The van der Waals surface area contributed by atoms with Crippen LogP contribution in [0, 0.1) is 0 Å². The summed E-state index contributed by atoms with van der Waals surface area (Å²) in [4.78, 5) is 6.04. The van der Waals surface area contributed by atoms with Crippen LogP contribution in [0.5, 0.6) is 0 Å². The number of halogens is 2. The van der Waals surface area contributed by atoms with E-state index in [4.69, 9.17) is 0 Å². The fourth-order valence-corrected chi connectivity index (χ4v) is 3.73. The van der Waals surface area contributed by atoms with E-state index in [-0.39, 0.29) is 0 Å². The van der Waals surface area contributed by atoms with Crippen molar-refractivity contribution >= 4 is 43.2 Å². The van der Waals surface area contributed by atoms with Gasteiger partial charge in [0.25, 0.3) is 0 Å². The van der Waals surface area contributed by atoms with Gasteiger partial charge in [0.1, 0.15) is 0 Å². The Morgan fingerprint density at radius 1 is 1.25 bits per heavy atom. The van der Waals surface area contributed by atoms with E-state index in [0.717, 1.165) is 5.69 Å². The summed E-state index contributed by atoms with van der Waals surface area (Å²) in [6.07, 6.45) is 1.84. The van der Waals surface area contributed by atoms with Crippen LogP contribution in [0.1, 0.15) is 28.2 Å². The number of aromatic nitrogens is 1. The molecular formula is C12H11Br2NS. The summed E-state index contributed by atoms with van der Waals surface area (Å²) < 4.78 is 1.17. The first-order chi connectivity index (χ1) is 7.68. The van der Waals surface area contributed by atoms with Gasteiger partial charge in [0.2, 0.25) is 0 Å². The molecule has 1 nitrogen and oxygen atoms in total. The van der Waals surface area contributed by atoms with Gasteiger partial charge in [0.15, 0.2) is 0 Å². The number of thiophene rings is 1. The number of hydrogen-bond donors (Lipinski definition) is 0. The van der Waals surface area contributed by atoms with Gasteiger partial charge in [-0.2, -0.15) is 0 Å². The average Bonchev–Trinajstić information content (AvgIpc) is 2.75. The highest BCUT2D eigenvalue weighted by molar-refractivity contribution is 9.11. The molecule has 0 saturated carbocycles. The minimum absolute atomic E-state index is 0.318. The Balaban J connectivity index is 2.19. The van der Waals surface area contributed by atoms with E-state index < -0.39 is 0 Å². The second kappa shape index (κ2) is 5.43. The predicted molar refractivity (Wildman–Crippen MR) is 76.3 cm³/mol. The third kappa shape index (κ3) is 2.73. The first kappa shape index (κ1) is 12.3. The van der Waals surface area contributed by atoms with Gasteiger partial charge in [-0.05, 0) is 40.2 Å². The van der Waals surface area contributed by atoms with Crippen LogP contribution < -0.4 is 0 Å². The maximum Gasteiger partial charge on any atom is 0.0701 e. The lowest BCUT2D eigenvalue weighted by Gasteiger charge is -2.16. The highest BCUT2D eigenvalue weighted by Crippen LogP contribution is 2.40. The molecule has 2 aromatic heterocycles. The minimum Gasteiger partial charge on any atom is -0.261 e. The van der Waals surface area contributed by atoms with Gasteiger partial charge < -0.3 is 0 Å². The van der Waals surface area contributed by atoms with Crippen LogP contribution in [-0.2, 0) is 0 Å². The Morgan fingerprint density at radius 2 is 2.06 bits per heavy atom. The summed E-state index contributed by atoms with van der Waals surface area (Å²) in [5.41, 5.74) is 1.12. The normalized spacial score (nSPS) is 14.7. The van der Waals surface area contributed by atoms with Gasteiger partial charge in [0, 0.05) is 22.7 Å². The first-order valence-electron chi connectivity index (χ1n) is 4.98. The molecule has 2 aromatic rings. The molecule has 2 unspecified atom stereocenters. The van der Waals surface area contributed by atoms with E-state index in [0.29, 0.717) is 10.7 Å². The molecule has 4 heteroatoms. The van der Waals surface area contributed by atoms with Gasteiger partial charge in [-0.15, -0.1) is 11.3 Å². The van der Waals surface area contributed by atoms with Crippen molar-refractivity contribution in [3.05, 3.63) is 50.9 Å².